The first-order valence-corrected chi connectivity index (χ1v) is 22.0. The van der Waals surface area contributed by atoms with Crippen LogP contribution in [0.4, 0.5) is 0 Å². The number of carbonyl (C=O) groups is 2. The van der Waals surface area contributed by atoms with Crippen LogP contribution in [0.25, 0.3) is 0 Å². The highest BCUT2D eigenvalue weighted by molar-refractivity contribution is 7.47. The molecule has 3 atom stereocenters. The van der Waals surface area contributed by atoms with Crippen molar-refractivity contribution in [2.75, 3.05) is 26.4 Å². The van der Waals surface area contributed by atoms with Gasteiger partial charge in [-0.05, 0) is 89.9 Å². The van der Waals surface area contributed by atoms with Crippen molar-refractivity contribution in [3.8, 4) is 0 Å². The van der Waals surface area contributed by atoms with E-state index in [1.54, 1.807) is 0 Å². The molecule has 0 fully saturated rings. The molecule has 0 rings (SSSR count). The van der Waals surface area contributed by atoms with Gasteiger partial charge in [-0.1, -0.05) is 135 Å². The van der Waals surface area contributed by atoms with E-state index in [1.807, 2.05) is 12.2 Å². The van der Waals surface area contributed by atoms with Crippen molar-refractivity contribution in [1.29, 1.82) is 0 Å². The number of hydrogen-bond acceptors (Lipinski definition) is 9. The lowest BCUT2D eigenvalue weighted by Gasteiger charge is -2.20. The van der Waals surface area contributed by atoms with Gasteiger partial charge >= 0.3 is 19.8 Å². The highest BCUT2D eigenvalue weighted by Gasteiger charge is 2.27. The molecule has 11 heteroatoms. The second kappa shape index (κ2) is 40.6. The number of esters is 2. The summed E-state index contributed by atoms with van der Waals surface area (Å²) >= 11 is 0. The normalized spacial score (nSPS) is 15.1. The Hall–Kier alpha value is -3.63. The van der Waals surface area contributed by atoms with E-state index in [1.165, 1.54) is 0 Å². The van der Waals surface area contributed by atoms with Gasteiger partial charge in [0.05, 0.1) is 19.8 Å². The van der Waals surface area contributed by atoms with Gasteiger partial charge in [-0.25, -0.2) is 4.57 Å². The van der Waals surface area contributed by atoms with E-state index in [0.29, 0.717) is 12.8 Å². The number of aliphatic hydroxyl groups excluding tert-OH is 2. The maximum absolute atomic E-state index is 12.6. The molecule has 0 aliphatic carbocycles. The number of allylic oxidation sites excluding steroid dienone is 20. The number of hydrogen-bond donors (Lipinski definition) is 3. The van der Waals surface area contributed by atoms with Crippen molar-refractivity contribution in [3.05, 3.63) is 122 Å². The van der Waals surface area contributed by atoms with E-state index >= 15 is 0 Å². The third-order valence-electron chi connectivity index (χ3n) is 7.62. The average Bonchev–Trinajstić information content (AvgIpc) is 3.20. The van der Waals surface area contributed by atoms with E-state index in [-0.39, 0.29) is 19.4 Å². The number of phosphoric acid groups is 1. The molecule has 0 bridgehead atoms. The summed E-state index contributed by atoms with van der Waals surface area (Å²) in [7, 11) is -4.65. The molecule has 10 nitrogen and oxygen atoms in total. The van der Waals surface area contributed by atoms with Crippen molar-refractivity contribution in [2.45, 2.75) is 129 Å². The zero-order valence-corrected chi connectivity index (χ0v) is 35.4. The highest BCUT2D eigenvalue weighted by Crippen LogP contribution is 2.43. The summed E-state index contributed by atoms with van der Waals surface area (Å²) < 4.78 is 32.5. The fourth-order valence-corrected chi connectivity index (χ4v) is 5.33. The molecule has 0 spiro atoms. The van der Waals surface area contributed by atoms with E-state index < -0.39 is 51.8 Å². The average molecular weight is 815 g/mol. The molecule has 0 heterocycles. The molecule has 0 saturated heterocycles. The predicted octanol–water partition coefficient (Wildman–Crippen LogP) is 10.8. The Balaban J connectivity index is 4.55. The highest BCUT2D eigenvalue weighted by atomic mass is 31.2. The first-order chi connectivity index (χ1) is 27.7. The molecule has 0 saturated carbocycles. The molecule has 0 aromatic carbocycles. The lowest BCUT2D eigenvalue weighted by Crippen LogP contribution is -2.29. The summed E-state index contributed by atoms with van der Waals surface area (Å²) in [6, 6.07) is 0. The van der Waals surface area contributed by atoms with E-state index in [4.69, 9.17) is 19.1 Å². The van der Waals surface area contributed by atoms with Crippen LogP contribution >= 0.6 is 7.82 Å². The summed E-state index contributed by atoms with van der Waals surface area (Å²) in [4.78, 5) is 34.9. The molecule has 320 valence electrons. The molecule has 3 N–H and O–H groups in total. The first-order valence-electron chi connectivity index (χ1n) is 20.5. The number of unbranched alkanes of at least 4 members (excludes halogenated alkanes) is 2. The Kier molecular flexibility index (Phi) is 38.0. The third kappa shape index (κ3) is 40.4. The molecule has 0 aromatic rings. The fourth-order valence-electron chi connectivity index (χ4n) is 4.54. The van der Waals surface area contributed by atoms with Gasteiger partial charge in [0.25, 0.3) is 0 Å². The minimum absolute atomic E-state index is 0.0988. The van der Waals surface area contributed by atoms with E-state index in [9.17, 15) is 24.2 Å². The van der Waals surface area contributed by atoms with Gasteiger partial charge in [0.1, 0.15) is 12.7 Å². The van der Waals surface area contributed by atoms with Crippen LogP contribution < -0.4 is 0 Å². The SMILES string of the molecule is CC/C=C/C/C=C/C/C=C/C/C=C/C/C=C/C/C=C/CCC(=O)OC[C@H](COP(=O)(O)OC[C@@H](O)CO)OC(=O)CCCC/C=C/C/C=C/C/C=C/C/C=C/CC. The molecule has 0 aromatic heterocycles. The number of ether oxygens (including phenoxy) is 2. The Labute approximate surface area is 343 Å². The minimum Gasteiger partial charge on any atom is -0.462 e. The molecule has 1 unspecified atom stereocenters. The van der Waals surface area contributed by atoms with E-state index in [0.717, 1.165) is 77.0 Å². The van der Waals surface area contributed by atoms with Gasteiger partial charge in [0.15, 0.2) is 6.10 Å². The first kappa shape index (κ1) is 53.4. The molecule has 0 aliphatic rings. The van der Waals surface area contributed by atoms with Gasteiger partial charge in [-0.15, -0.1) is 0 Å². The summed E-state index contributed by atoms with van der Waals surface area (Å²) in [6.45, 7) is 1.97. The van der Waals surface area contributed by atoms with Gasteiger partial charge in [0.2, 0.25) is 0 Å². The third-order valence-corrected chi connectivity index (χ3v) is 8.58. The molecular weight excluding hydrogens is 743 g/mol. The van der Waals surface area contributed by atoms with Crippen LogP contribution in [0.1, 0.15) is 117 Å². The summed E-state index contributed by atoms with van der Waals surface area (Å²) in [6.07, 6.45) is 51.9. The lowest BCUT2D eigenvalue weighted by molar-refractivity contribution is -0.161. The Morgan fingerprint density at radius 3 is 1.37 bits per heavy atom. The van der Waals surface area contributed by atoms with E-state index in [2.05, 4.69) is 128 Å². The topological polar surface area (TPSA) is 149 Å². The van der Waals surface area contributed by atoms with Crippen molar-refractivity contribution in [1.82, 2.24) is 0 Å². The van der Waals surface area contributed by atoms with Crippen LogP contribution in [0, 0.1) is 0 Å². The largest absolute Gasteiger partial charge is 0.472 e. The minimum atomic E-state index is -4.65. The quantitative estimate of drug-likeness (QED) is 0.0241. The maximum atomic E-state index is 12.6. The fraction of sp³-hybridized carbons (Fsp3) is 0.522. The standard InChI is InChI=1S/C46H71O10P/c1-3-5-7-9-11-13-15-17-19-20-21-22-24-25-27-29-31-33-35-37-45(49)53-41-44(42-55-57(51,52)54-40-43(48)39-47)56-46(50)38-36-34-32-30-28-26-23-18-16-14-12-10-8-6-4-2/h5-8,11-14,17-19,21-23,25,27-28,30-31,33,43-44,47-48H,3-4,9-10,15-16,20,24,26,29,32,34-42H2,1-2H3,(H,51,52)/b7-5+,8-6+,13-11+,14-12+,19-17+,22-21+,23-18+,27-25+,30-28+,33-31+/t43-,44+/m0/s1. The summed E-state index contributed by atoms with van der Waals surface area (Å²) in [5.41, 5.74) is 0. The van der Waals surface area contributed by atoms with Crippen molar-refractivity contribution < 1.29 is 47.8 Å². The van der Waals surface area contributed by atoms with Crippen LogP contribution in [0.2, 0.25) is 0 Å². The zero-order chi connectivity index (χ0) is 41.9. The van der Waals surface area contributed by atoms with Crippen molar-refractivity contribution in [2.24, 2.45) is 0 Å². The second-order valence-corrected chi connectivity index (χ2v) is 14.3. The van der Waals surface area contributed by atoms with Gasteiger partial charge in [-0.3, -0.25) is 18.6 Å². The van der Waals surface area contributed by atoms with Gasteiger partial charge < -0.3 is 24.6 Å². The lowest BCUT2D eigenvalue weighted by atomic mass is 10.2. The Morgan fingerprint density at radius 1 is 0.526 bits per heavy atom. The Morgan fingerprint density at radius 2 is 0.930 bits per heavy atom. The molecule has 0 radical (unpaired) electrons. The van der Waals surface area contributed by atoms with Crippen LogP contribution in [0.15, 0.2) is 122 Å². The number of rotatable bonds is 36. The maximum Gasteiger partial charge on any atom is 0.472 e. The molecule has 0 amide bonds. The van der Waals surface area contributed by atoms with Crippen LogP contribution in [-0.4, -0.2) is 65.7 Å². The van der Waals surface area contributed by atoms with Crippen molar-refractivity contribution >= 4 is 19.8 Å². The van der Waals surface area contributed by atoms with Crippen LogP contribution in [0.5, 0.6) is 0 Å². The van der Waals surface area contributed by atoms with Crippen LogP contribution in [0.3, 0.4) is 0 Å². The number of phosphoric ester groups is 1. The molecular formula is C46H71O10P. The van der Waals surface area contributed by atoms with Crippen molar-refractivity contribution in [3.63, 3.8) is 0 Å². The predicted molar refractivity (Wildman–Crippen MR) is 232 cm³/mol. The molecule has 0 aliphatic heterocycles. The number of aliphatic hydroxyl groups is 2. The van der Waals surface area contributed by atoms with Gasteiger partial charge in [-0.2, -0.15) is 0 Å². The monoisotopic (exact) mass is 814 g/mol. The van der Waals surface area contributed by atoms with Gasteiger partial charge in [0, 0.05) is 12.8 Å². The second-order valence-electron chi connectivity index (χ2n) is 12.9. The summed E-state index contributed by atoms with van der Waals surface area (Å²) in [5.74, 6) is -1.09. The molecule has 57 heavy (non-hydrogen) atoms. The zero-order valence-electron chi connectivity index (χ0n) is 34.5. The smallest absolute Gasteiger partial charge is 0.462 e. The number of carbonyl (C=O) groups excluding carboxylic acids is 2. The van der Waals surface area contributed by atoms with Crippen LogP contribution in [-0.2, 0) is 32.7 Å². The summed E-state index contributed by atoms with van der Waals surface area (Å²) in [5, 5.41) is 18.3. The Bertz CT molecular complexity index is 1350.